The van der Waals surface area contributed by atoms with Crippen molar-refractivity contribution in [1.82, 2.24) is 0 Å². The minimum atomic E-state index is -3.70. The molecule has 1 aromatic carbocycles. The predicted molar refractivity (Wildman–Crippen MR) is 64.4 cm³/mol. The van der Waals surface area contributed by atoms with Gasteiger partial charge in [0.25, 0.3) is 0 Å². The maximum Gasteiger partial charge on any atom is 0.360 e. The highest BCUT2D eigenvalue weighted by Gasteiger charge is 2.26. The van der Waals surface area contributed by atoms with E-state index in [2.05, 4.69) is 15.9 Å². The molecule has 1 N–H and O–H groups in total. The Morgan fingerprint density at radius 2 is 2.13 bits per heavy atom. The van der Waals surface area contributed by atoms with Crippen molar-refractivity contribution in [3.63, 3.8) is 0 Å². The molecule has 0 saturated heterocycles. The summed E-state index contributed by atoms with van der Waals surface area (Å²) in [6.45, 7) is 3.68. The summed E-state index contributed by atoms with van der Waals surface area (Å²) in [7, 11) is -3.70. The number of halogens is 1. The molecule has 0 radical (unpaired) electrons. The van der Waals surface area contributed by atoms with E-state index in [9.17, 15) is 9.46 Å². The Hall–Kier alpha value is -0.150. The van der Waals surface area contributed by atoms with E-state index in [1.165, 1.54) is 0 Å². The highest BCUT2D eigenvalue weighted by atomic mass is 79.9. The quantitative estimate of drug-likeness (QED) is 0.868. The zero-order valence-corrected chi connectivity index (χ0v) is 11.2. The molecule has 5 heteroatoms. The van der Waals surface area contributed by atoms with Gasteiger partial charge in [-0.15, -0.1) is 0 Å². The molecule has 0 aliphatic heterocycles. The SMILES string of the molecule is CCC(C)OP(=O)(O)c1ccccc1Br. The lowest BCUT2D eigenvalue weighted by molar-refractivity contribution is 0.192. The summed E-state index contributed by atoms with van der Waals surface area (Å²) in [4.78, 5) is 9.77. The number of benzene rings is 1. The fraction of sp³-hybridized carbons (Fsp3) is 0.400. The third-order valence-corrected chi connectivity index (χ3v) is 4.70. The van der Waals surface area contributed by atoms with Crippen molar-refractivity contribution in [1.29, 1.82) is 0 Å². The lowest BCUT2D eigenvalue weighted by atomic mass is 10.3. The molecule has 0 aliphatic rings. The van der Waals surface area contributed by atoms with Crippen LogP contribution in [0.1, 0.15) is 20.3 Å². The molecular formula is C10H14BrO3P. The molecule has 0 bridgehead atoms. The second kappa shape index (κ2) is 5.26. The van der Waals surface area contributed by atoms with Gasteiger partial charge < -0.3 is 9.42 Å². The first-order valence-corrected chi connectivity index (χ1v) is 7.10. The molecule has 0 saturated carbocycles. The van der Waals surface area contributed by atoms with E-state index in [4.69, 9.17) is 4.52 Å². The van der Waals surface area contributed by atoms with Crippen LogP contribution >= 0.6 is 23.5 Å². The van der Waals surface area contributed by atoms with Gasteiger partial charge in [-0.05, 0) is 41.4 Å². The Balaban J connectivity index is 2.96. The maximum atomic E-state index is 11.9. The van der Waals surface area contributed by atoms with Crippen molar-refractivity contribution in [2.45, 2.75) is 26.4 Å². The molecule has 0 amide bonds. The lowest BCUT2D eigenvalue weighted by Gasteiger charge is -2.17. The van der Waals surface area contributed by atoms with Gasteiger partial charge in [0, 0.05) is 4.47 Å². The molecule has 2 atom stereocenters. The first kappa shape index (κ1) is 12.9. The van der Waals surface area contributed by atoms with E-state index in [1.807, 2.05) is 6.92 Å². The lowest BCUT2D eigenvalue weighted by Crippen LogP contribution is -2.13. The summed E-state index contributed by atoms with van der Waals surface area (Å²) < 4.78 is 17.6. The molecule has 0 spiro atoms. The van der Waals surface area contributed by atoms with Crippen LogP contribution in [0.25, 0.3) is 0 Å². The van der Waals surface area contributed by atoms with Crippen LogP contribution in [0.2, 0.25) is 0 Å². The minimum Gasteiger partial charge on any atom is -0.321 e. The Morgan fingerprint density at radius 1 is 1.53 bits per heavy atom. The third-order valence-electron chi connectivity index (χ3n) is 2.05. The zero-order valence-electron chi connectivity index (χ0n) is 8.68. The maximum absolute atomic E-state index is 11.9. The van der Waals surface area contributed by atoms with Gasteiger partial charge in [-0.3, -0.25) is 4.57 Å². The third kappa shape index (κ3) is 3.42. The van der Waals surface area contributed by atoms with E-state index in [1.54, 1.807) is 31.2 Å². The van der Waals surface area contributed by atoms with E-state index >= 15 is 0 Å². The second-order valence-electron chi connectivity index (χ2n) is 3.30. The van der Waals surface area contributed by atoms with Crippen LogP contribution in [0.5, 0.6) is 0 Å². The van der Waals surface area contributed by atoms with Crippen molar-refractivity contribution < 1.29 is 14.0 Å². The van der Waals surface area contributed by atoms with Gasteiger partial charge in [-0.2, -0.15) is 0 Å². The zero-order chi connectivity index (χ0) is 11.5. The summed E-state index contributed by atoms with van der Waals surface area (Å²) in [6.07, 6.45) is 0.475. The summed E-state index contributed by atoms with van der Waals surface area (Å²) in [5.41, 5.74) is 0. The van der Waals surface area contributed by atoms with Gasteiger partial charge >= 0.3 is 7.60 Å². The van der Waals surface area contributed by atoms with Crippen molar-refractivity contribution in [3.8, 4) is 0 Å². The molecule has 0 heterocycles. The summed E-state index contributed by atoms with van der Waals surface area (Å²) in [5, 5.41) is 0.310. The Kier molecular flexibility index (Phi) is 4.53. The first-order chi connectivity index (χ1) is 6.97. The summed E-state index contributed by atoms with van der Waals surface area (Å²) in [5.74, 6) is 0. The standard InChI is InChI=1S/C10H14BrO3P/c1-3-8(2)14-15(12,13)10-7-5-4-6-9(10)11/h4-8H,3H2,1-2H3,(H,12,13). The average molecular weight is 293 g/mol. The van der Waals surface area contributed by atoms with Crippen LogP contribution in [0.15, 0.2) is 28.7 Å². The van der Waals surface area contributed by atoms with Crippen LogP contribution < -0.4 is 5.30 Å². The van der Waals surface area contributed by atoms with Crippen molar-refractivity contribution in [2.24, 2.45) is 0 Å². The Bertz CT molecular complexity index is 381. The van der Waals surface area contributed by atoms with Gasteiger partial charge in [-0.1, -0.05) is 19.1 Å². The molecule has 84 valence electrons. The fourth-order valence-corrected chi connectivity index (χ4v) is 3.38. The summed E-state index contributed by atoms with van der Waals surface area (Å²) in [6, 6.07) is 6.81. The van der Waals surface area contributed by atoms with Crippen molar-refractivity contribution >= 4 is 28.8 Å². The average Bonchev–Trinajstić information content (AvgIpc) is 2.17. The van der Waals surface area contributed by atoms with Gasteiger partial charge in [0.1, 0.15) is 0 Å². The van der Waals surface area contributed by atoms with Gasteiger partial charge in [0.2, 0.25) is 0 Å². The number of hydrogen-bond acceptors (Lipinski definition) is 2. The topological polar surface area (TPSA) is 46.5 Å². The van der Waals surface area contributed by atoms with E-state index in [0.29, 0.717) is 16.2 Å². The Labute approximate surface area is 98.1 Å². The van der Waals surface area contributed by atoms with Crippen LogP contribution in [-0.4, -0.2) is 11.0 Å². The molecule has 1 aromatic rings. The predicted octanol–water partition coefficient (Wildman–Crippen LogP) is 3.07. The molecule has 1 rings (SSSR count). The molecular weight excluding hydrogens is 279 g/mol. The molecule has 0 fully saturated rings. The molecule has 2 unspecified atom stereocenters. The second-order valence-corrected chi connectivity index (χ2v) is 5.88. The summed E-state index contributed by atoms with van der Waals surface area (Å²) >= 11 is 3.23. The van der Waals surface area contributed by atoms with E-state index < -0.39 is 7.60 Å². The van der Waals surface area contributed by atoms with E-state index in [-0.39, 0.29) is 6.10 Å². The van der Waals surface area contributed by atoms with Gasteiger partial charge in [0.15, 0.2) is 0 Å². The van der Waals surface area contributed by atoms with E-state index in [0.717, 1.165) is 0 Å². The van der Waals surface area contributed by atoms with Gasteiger partial charge in [0.05, 0.1) is 11.4 Å². The number of rotatable bonds is 4. The van der Waals surface area contributed by atoms with Crippen LogP contribution in [-0.2, 0) is 9.09 Å². The van der Waals surface area contributed by atoms with Gasteiger partial charge in [-0.25, -0.2) is 0 Å². The first-order valence-electron chi connectivity index (χ1n) is 4.73. The fourth-order valence-electron chi connectivity index (χ4n) is 1.06. The Morgan fingerprint density at radius 3 is 2.67 bits per heavy atom. The highest BCUT2D eigenvalue weighted by Crippen LogP contribution is 2.44. The minimum absolute atomic E-state index is 0.229. The van der Waals surface area contributed by atoms with Crippen molar-refractivity contribution in [3.05, 3.63) is 28.7 Å². The van der Waals surface area contributed by atoms with Crippen LogP contribution in [0.4, 0.5) is 0 Å². The number of hydrogen-bond donors (Lipinski definition) is 1. The monoisotopic (exact) mass is 292 g/mol. The largest absolute Gasteiger partial charge is 0.360 e. The highest BCUT2D eigenvalue weighted by molar-refractivity contribution is 9.10. The van der Waals surface area contributed by atoms with Crippen LogP contribution in [0, 0.1) is 0 Å². The van der Waals surface area contributed by atoms with Crippen LogP contribution in [0.3, 0.4) is 0 Å². The molecule has 0 aliphatic carbocycles. The smallest absolute Gasteiger partial charge is 0.321 e. The van der Waals surface area contributed by atoms with Crippen molar-refractivity contribution in [2.75, 3.05) is 0 Å². The molecule has 0 aromatic heterocycles. The molecule has 15 heavy (non-hydrogen) atoms. The molecule has 3 nitrogen and oxygen atoms in total. The normalized spacial score (nSPS) is 17.1.